The van der Waals surface area contributed by atoms with Gasteiger partial charge in [0.25, 0.3) is 5.91 Å². The standard InChI is InChI=1S/C12H19N5O2/c1-2-17-7-9(13)10(15-17)12(19)16-5-3-8(4-6-16)11(14)18/h7-8H,2-6,13H2,1H3,(H2,14,18). The Morgan fingerprint density at radius 3 is 2.53 bits per heavy atom. The highest BCUT2D eigenvalue weighted by Gasteiger charge is 2.28. The van der Waals surface area contributed by atoms with Crippen molar-refractivity contribution in [3.63, 3.8) is 0 Å². The van der Waals surface area contributed by atoms with Gasteiger partial charge in [-0.25, -0.2) is 0 Å². The fourth-order valence-corrected chi connectivity index (χ4v) is 2.28. The number of hydrogen-bond donors (Lipinski definition) is 2. The third-order valence-corrected chi connectivity index (χ3v) is 3.50. The van der Waals surface area contributed by atoms with Crippen molar-refractivity contribution in [2.24, 2.45) is 11.7 Å². The monoisotopic (exact) mass is 265 g/mol. The van der Waals surface area contributed by atoms with Gasteiger partial charge in [0, 0.05) is 31.7 Å². The van der Waals surface area contributed by atoms with Crippen LogP contribution >= 0.6 is 0 Å². The minimum atomic E-state index is -0.290. The molecule has 2 heterocycles. The van der Waals surface area contributed by atoms with Crippen molar-refractivity contribution >= 4 is 17.5 Å². The molecule has 1 aromatic rings. The largest absolute Gasteiger partial charge is 0.396 e. The number of carbonyl (C=O) groups excluding carboxylic acids is 2. The van der Waals surface area contributed by atoms with E-state index in [-0.39, 0.29) is 17.7 Å². The van der Waals surface area contributed by atoms with Crippen LogP contribution in [-0.2, 0) is 11.3 Å². The number of aryl methyl sites for hydroxylation is 1. The Kier molecular flexibility index (Phi) is 3.73. The van der Waals surface area contributed by atoms with Gasteiger partial charge in [0.1, 0.15) is 0 Å². The van der Waals surface area contributed by atoms with Crippen molar-refractivity contribution in [1.82, 2.24) is 14.7 Å². The van der Waals surface area contributed by atoms with E-state index in [2.05, 4.69) is 5.10 Å². The second-order valence-electron chi connectivity index (χ2n) is 4.76. The van der Waals surface area contributed by atoms with Gasteiger partial charge >= 0.3 is 0 Å². The molecule has 1 aromatic heterocycles. The lowest BCUT2D eigenvalue weighted by molar-refractivity contribution is -0.123. The zero-order valence-corrected chi connectivity index (χ0v) is 11.0. The lowest BCUT2D eigenvalue weighted by Crippen LogP contribution is -2.42. The molecule has 4 N–H and O–H groups in total. The summed E-state index contributed by atoms with van der Waals surface area (Å²) in [6.07, 6.45) is 2.87. The van der Waals surface area contributed by atoms with Gasteiger partial charge in [0.2, 0.25) is 5.91 Å². The van der Waals surface area contributed by atoms with E-state index in [1.165, 1.54) is 0 Å². The number of carbonyl (C=O) groups is 2. The molecule has 1 aliphatic heterocycles. The van der Waals surface area contributed by atoms with E-state index in [0.717, 1.165) is 0 Å². The van der Waals surface area contributed by atoms with Crippen molar-refractivity contribution in [2.45, 2.75) is 26.3 Å². The molecule has 19 heavy (non-hydrogen) atoms. The highest BCUT2D eigenvalue weighted by atomic mass is 16.2. The summed E-state index contributed by atoms with van der Waals surface area (Å²) in [6, 6.07) is 0. The number of nitrogen functional groups attached to an aromatic ring is 1. The number of nitrogens with zero attached hydrogens (tertiary/aromatic N) is 3. The lowest BCUT2D eigenvalue weighted by atomic mass is 9.96. The summed E-state index contributed by atoms with van der Waals surface area (Å²) >= 11 is 0. The number of aromatic nitrogens is 2. The van der Waals surface area contributed by atoms with Gasteiger partial charge in [-0.2, -0.15) is 5.10 Å². The number of hydrogen-bond acceptors (Lipinski definition) is 4. The zero-order valence-electron chi connectivity index (χ0n) is 11.0. The van der Waals surface area contributed by atoms with Crippen LogP contribution in [0.5, 0.6) is 0 Å². The fraction of sp³-hybridized carbons (Fsp3) is 0.583. The Morgan fingerprint density at radius 1 is 1.42 bits per heavy atom. The molecule has 1 saturated heterocycles. The number of rotatable bonds is 3. The van der Waals surface area contributed by atoms with Gasteiger partial charge < -0.3 is 16.4 Å². The number of nitrogens with two attached hydrogens (primary N) is 2. The van der Waals surface area contributed by atoms with Crippen LogP contribution in [0.4, 0.5) is 5.69 Å². The Bertz CT molecular complexity index is 488. The molecule has 7 nitrogen and oxygen atoms in total. The van der Waals surface area contributed by atoms with Gasteiger partial charge in [-0.15, -0.1) is 0 Å². The predicted octanol–water partition coefficient (Wildman–Crippen LogP) is -0.177. The maximum atomic E-state index is 12.3. The smallest absolute Gasteiger partial charge is 0.276 e. The second-order valence-corrected chi connectivity index (χ2v) is 4.76. The Balaban J connectivity index is 2.05. The first-order valence-corrected chi connectivity index (χ1v) is 6.44. The van der Waals surface area contributed by atoms with E-state index in [1.54, 1.807) is 15.8 Å². The van der Waals surface area contributed by atoms with E-state index in [9.17, 15) is 9.59 Å². The first-order valence-electron chi connectivity index (χ1n) is 6.44. The summed E-state index contributed by atoms with van der Waals surface area (Å²) in [5.41, 5.74) is 11.7. The van der Waals surface area contributed by atoms with Gasteiger partial charge in [-0.05, 0) is 19.8 Å². The molecule has 7 heteroatoms. The topological polar surface area (TPSA) is 107 Å². The van der Waals surface area contributed by atoms with E-state index in [1.807, 2.05) is 6.92 Å². The molecule has 0 atom stereocenters. The fourth-order valence-electron chi connectivity index (χ4n) is 2.28. The average Bonchev–Trinajstić information content (AvgIpc) is 2.79. The third kappa shape index (κ3) is 2.69. The van der Waals surface area contributed by atoms with Gasteiger partial charge in [0.05, 0.1) is 5.69 Å². The van der Waals surface area contributed by atoms with Crippen LogP contribution in [0.3, 0.4) is 0 Å². The van der Waals surface area contributed by atoms with Crippen molar-refractivity contribution in [3.8, 4) is 0 Å². The lowest BCUT2D eigenvalue weighted by Gasteiger charge is -2.30. The summed E-state index contributed by atoms with van der Waals surface area (Å²) in [7, 11) is 0. The van der Waals surface area contributed by atoms with Crippen molar-refractivity contribution in [2.75, 3.05) is 18.8 Å². The Hall–Kier alpha value is -2.05. The van der Waals surface area contributed by atoms with Crippen LogP contribution in [0.15, 0.2) is 6.20 Å². The van der Waals surface area contributed by atoms with Gasteiger partial charge in [0.15, 0.2) is 5.69 Å². The molecule has 0 spiro atoms. The summed E-state index contributed by atoms with van der Waals surface area (Å²) in [6.45, 7) is 3.63. The summed E-state index contributed by atoms with van der Waals surface area (Å²) in [5.74, 6) is -0.593. The van der Waals surface area contributed by atoms with Crippen LogP contribution < -0.4 is 11.5 Å². The van der Waals surface area contributed by atoms with Gasteiger partial charge in [-0.3, -0.25) is 14.3 Å². The normalized spacial score (nSPS) is 16.6. The number of primary amides is 1. The summed E-state index contributed by atoms with van der Waals surface area (Å²) < 4.78 is 1.64. The predicted molar refractivity (Wildman–Crippen MR) is 70.1 cm³/mol. The van der Waals surface area contributed by atoms with E-state index in [0.29, 0.717) is 43.9 Å². The molecule has 0 aromatic carbocycles. The number of piperidine rings is 1. The third-order valence-electron chi connectivity index (χ3n) is 3.50. The molecule has 0 bridgehead atoms. The van der Waals surface area contributed by atoms with Gasteiger partial charge in [-0.1, -0.05) is 0 Å². The van der Waals surface area contributed by atoms with E-state index in [4.69, 9.17) is 11.5 Å². The highest BCUT2D eigenvalue weighted by Crippen LogP contribution is 2.20. The van der Waals surface area contributed by atoms with Crippen LogP contribution in [0.2, 0.25) is 0 Å². The maximum Gasteiger partial charge on any atom is 0.276 e. The molecule has 104 valence electrons. The van der Waals surface area contributed by atoms with Crippen LogP contribution in [-0.4, -0.2) is 39.6 Å². The van der Waals surface area contributed by atoms with Crippen LogP contribution in [0, 0.1) is 5.92 Å². The quantitative estimate of drug-likeness (QED) is 0.790. The first kappa shape index (κ1) is 13.4. The molecule has 1 aliphatic rings. The summed E-state index contributed by atoms with van der Waals surface area (Å²) in [5, 5.41) is 4.17. The molecule has 0 unspecified atom stereocenters. The minimum absolute atomic E-state index is 0.130. The SMILES string of the molecule is CCn1cc(N)c(C(=O)N2CCC(C(N)=O)CC2)n1. The van der Waals surface area contributed by atoms with Crippen molar-refractivity contribution in [1.29, 1.82) is 0 Å². The maximum absolute atomic E-state index is 12.3. The second kappa shape index (κ2) is 5.29. The molecule has 0 aliphatic carbocycles. The average molecular weight is 265 g/mol. The molecule has 2 rings (SSSR count). The van der Waals surface area contributed by atoms with Crippen molar-refractivity contribution < 1.29 is 9.59 Å². The summed E-state index contributed by atoms with van der Waals surface area (Å²) in [4.78, 5) is 25.0. The highest BCUT2D eigenvalue weighted by molar-refractivity contribution is 5.97. The van der Waals surface area contributed by atoms with Crippen molar-refractivity contribution in [3.05, 3.63) is 11.9 Å². The Labute approximate surface area is 111 Å². The number of anilines is 1. The molecule has 0 radical (unpaired) electrons. The molecular formula is C12H19N5O2. The zero-order chi connectivity index (χ0) is 14.0. The molecular weight excluding hydrogens is 246 g/mol. The number of amides is 2. The molecule has 0 saturated carbocycles. The molecule has 2 amide bonds. The van der Waals surface area contributed by atoms with E-state index >= 15 is 0 Å². The first-order chi connectivity index (χ1) is 9.02. The molecule has 1 fully saturated rings. The minimum Gasteiger partial charge on any atom is -0.396 e. The van der Waals surface area contributed by atoms with E-state index < -0.39 is 0 Å². The number of likely N-dealkylation sites (tertiary alicyclic amines) is 1. The van der Waals surface area contributed by atoms with Crippen LogP contribution in [0.25, 0.3) is 0 Å². The van der Waals surface area contributed by atoms with Crippen LogP contribution in [0.1, 0.15) is 30.3 Å². The Morgan fingerprint density at radius 2 is 2.05 bits per heavy atom.